The molecule has 1 aliphatic rings. The van der Waals surface area contributed by atoms with Crippen LogP contribution in [-0.2, 0) is 15.7 Å². The number of rotatable bonds is 3. The molecule has 1 amide bonds. The third-order valence-corrected chi connectivity index (χ3v) is 2.95. The summed E-state index contributed by atoms with van der Waals surface area (Å²) in [6.07, 6.45) is -3.83. The van der Waals surface area contributed by atoms with Crippen molar-refractivity contribution in [2.75, 3.05) is 18.1 Å². The Morgan fingerprint density at radius 1 is 1.50 bits per heavy atom. The van der Waals surface area contributed by atoms with Crippen molar-refractivity contribution in [3.05, 3.63) is 17.3 Å². The Morgan fingerprint density at radius 2 is 2.20 bits per heavy atom. The van der Waals surface area contributed by atoms with Crippen molar-refractivity contribution in [2.24, 2.45) is 0 Å². The van der Waals surface area contributed by atoms with E-state index in [0.29, 0.717) is 13.0 Å². The van der Waals surface area contributed by atoms with E-state index in [4.69, 9.17) is 0 Å². The number of anilines is 1. The highest BCUT2D eigenvalue weighted by molar-refractivity contribution is 5.96. The zero-order valence-electron chi connectivity index (χ0n) is 10.7. The topological polar surface area (TPSA) is 62.4 Å². The predicted molar refractivity (Wildman–Crippen MR) is 63.3 cm³/mol. The van der Waals surface area contributed by atoms with E-state index in [1.165, 1.54) is 11.8 Å². The number of hydrogen-bond donors (Lipinski definition) is 1. The monoisotopic (exact) mass is 290 g/mol. The summed E-state index contributed by atoms with van der Waals surface area (Å²) in [5, 5.41) is 0. The molecule has 1 aliphatic heterocycles. The quantitative estimate of drug-likeness (QED) is 0.869. The number of carbonyl (C=O) groups is 2. The van der Waals surface area contributed by atoms with Crippen LogP contribution in [0.15, 0.2) is 6.07 Å². The second kappa shape index (κ2) is 5.18. The predicted octanol–water partition coefficient (Wildman–Crippen LogP) is 2.34. The van der Waals surface area contributed by atoms with Gasteiger partial charge in [-0.05, 0) is 19.4 Å². The van der Waals surface area contributed by atoms with Gasteiger partial charge in [-0.25, -0.2) is 4.79 Å². The van der Waals surface area contributed by atoms with Crippen molar-refractivity contribution in [1.29, 1.82) is 0 Å². The highest BCUT2D eigenvalue weighted by Crippen LogP contribution is 2.36. The smallest absolute Gasteiger partial charge is 0.418 e. The molecule has 0 atom stereocenters. The summed E-state index contributed by atoms with van der Waals surface area (Å²) in [7, 11) is 0. The van der Waals surface area contributed by atoms with Crippen LogP contribution in [-0.4, -0.2) is 30.0 Å². The number of nitrogens with zero attached hydrogens (tertiary/aromatic N) is 1. The van der Waals surface area contributed by atoms with Crippen molar-refractivity contribution in [2.45, 2.75) is 25.9 Å². The van der Waals surface area contributed by atoms with Crippen LogP contribution < -0.4 is 4.90 Å². The van der Waals surface area contributed by atoms with E-state index in [-0.39, 0.29) is 24.8 Å². The summed E-state index contributed by atoms with van der Waals surface area (Å²) in [6.45, 7) is 1.80. The number of carbonyl (C=O) groups excluding carboxylic acids is 2. The van der Waals surface area contributed by atoms with E-state index < -0.39 is 23.4 Å². The van der Waals surface area contributed by atoms with E-state index in [0.717, 1.165) is 6.07 Å². The van der Waals surface area contributed by atoms with Crippen molar-refractivity contribution < 1.29 is 27.5 Å². The van der Waals surface area contributed by atoms with Crippen LogP contribution in [0.1, 0.15) is 35.8 Å². The standard InChI is InChI=1S/C12H13F3N2O3/c1-2-20-11(19)10-7(12(13,14)15)6-8(16-10)17-5-3-4-9(17)18/h6,16H,2-5H2,1H3. The maximum Gasteiger partial charge on any atom is 0.418 e. The molecule has 2 heterocycles. The fourth-order valence-corrected chi connectivity index (χ4v) is 2.08. The van der Waals surface area contributed by atoms with Gasteiger partial charge < -0.3 is 9.72 Å². The lowest BCUT2D eigenvalue weighted by Crippen LogP contribution is -2.24. The molecule has 0 saturated carbocycles. The highest BCUT2D eigenvalue weighted by atomic mass is 19.4. The Bertz CT molecular complexity index is 537. The van der Waals surface area contributed by atoms with Crippen LogP contribution in [0.2, 0.25) is 0 Å². The number of nitrogens with one attached hydrogen (secondary N) is 1. The van der Waals surface area contributed by atoms with Gasteiger partial charge in [-0.15, -0.1) is 0 Å². The van der Waals surface area contributed by atoms with Gasteiger partial charge in [-0.3, -0.25) is 9.69 Å². The molecule has 0 spiro atoms. The van der Waals surface area contributed by atoms with Crippen molar-refractivity contribution in [3.8, 4) is 0 Å². The summed E-state index contributed by atoms with van der Waals surface area (Å²) in [6, 6.07) is 0.773. The van der Waals surface area contributed by atoms with Crippen LogP contribution in [0.4, 0.5) is 19.0 Å². The molecule has 1 aromatic heterocycles. The van der Waals surface area contributed by atoms with E-state index in [1.54, 1.807) is 0 Å². The molecule has 0 aliphatic carbocycles. The number of ether oxygens (including phenoxy) is 1. The lowest BCUT2D eigenvalue weighted by Gasteiger charge is -2.12. The Hall–Kier alpha value is -1.99. The molecule has 0 radical (unpaired) electrons. The fourth-order valence-electron chi connectivity index (χ4n) is 2.08. The van der Waals surface area contributed by atoms with Gasteiger partial charge in [-0.1, -0.05) is 0 Å². The molecule has 1 fully saturated rings. The maximum absolute atomic E-state index is 12.9. The molecular formula is C12H13F3N2O3. The Balaban J connectivity index is 2.41. The second-order valence-corrected chi connectivity index (χ2v) is 4.31. The SMILES string of the molecule is CCOC(=O)c1[nH]c(N2CCCC2=O)cc1C(F)(F)F. The van der Waals surface area contributed by atoms with Crippen molar-refractivity contribution >= 4 is 17.7 Å². The van der Waals surface area contributed by atoms with Gasteiger partial charge in [0.1, 0.15) is 11.5 Å². The first-order valence-corrected chi connectivity index (χ1v) is 6.12. The summed E-state index contributed by atoms with van der Waals surface area (Å²) in [5.74, 6) is -1.38. The maximum atomic E-state index is 12.9. The van der Waals surface area contributed by atoms with Gasteiger partial charge >= 0.3 is 12.1 Å². The van der Waals surface area contributed by atoms with E-state index in [2.05, 4.69) is 9.72 Å². The van der Waals surface area contributed by atoms with Gasteiger partial charge in [-0.2, -0.15) is 13.2 Å². The first kappa shape index (κ1) is 14.4. The van der Waals surface area contributed by atoms with Crippen molar-refractivity contribution in [1.82, 2.24) is 4.98 Å². The first-order chi connectivity index (χ1) is 9.34. The lowest BCUT2D eigenvalue weighted by atomic mass is 10.2. The first-order valence-electron chi connectivity index (χ1n) is 6.12. The summed E-state index contributed by atoms with van der Waals surface area (Å²) in [4.78, 5) is 26.7. The number of hydrogen-bond acceptors (Lipinski definition) is 3. The second-order valence-electron chi connectivity index (χ2n) is 4.31. The van der Waals surface area contributed by atoms with Crippen LogP contribution in [0.5, 0.6) is 0 Å². The number of amides is 1. The van der Waals surface area contributed by atoms with Gasteiger partial charge in [0, 0.05) is 13.0 Å². The molecule has 0 aromatic carbocycles. The van der Waals surface area contributed by atoms with E-state index in [9.17, 15) is 22.8 Å². The van der Waals surface area contributed by atoms with Gasteiger partial charge in [0.25, 0.3) is 0 Å². The third kappa shape index (κ3) is 2.63. The molecule has 2 rings (SSSR count). The van der Waals surface area contributed by atoms with Crippen molar-refractivity contribution in [3.63, 3.8) is 0 Å². The average Bonchev–Trinajstić information content (AvgIpc) is 2.94. The molecule has 8 heteroatoms. The normalized spacial score (nSPS) is 15.8. The van der Waals surface area contributed by atoms with Gasteiger partial charge in [0.2, 0.25) is 5.91 Å². The van der Waals surface area contributed by atoms with Crippen LogP contribution in [0.25, 0.3) is 0 Å². The molecule has 1 N–H and O–H groups in total. The summed E-state index contributed by atoms with van der Waals surface area (Å²) >= 11 is 0. The molecule has 0 unspecified atom stereocenters. The number of esters is 1. The zero-order valence-corrected chi connectivity index (χ0v) is 10.7. The molecule has 110 valence electrons. The average molecular weight is 290 g/mol. The number of alkyl halides is 3. The Labute approximate surface area is 112 Å². The van der Waals surface area contributed by atoms with Gasteiger partial charge in [0.05, 0.1) is 12.2 Å². The third-order valence-electron chi connectivity index (χ3n) is 2.95. The number of aromatic amines is 1. The summed E-state index contributed by atoms with van der Waals surface area (Å²) in [5.41, 5.74) is -1.79. The van der Waals surface area contributed by atoms with Crippen LogP contribution in [0.3, 0.4) is 0 Å². The number of halogens is 3. The zero-order chi connectivity index (χ0) is 14.9. The number of aromatic nitrogens is 1. The lowest BCUT2D eigenvalue weighted by molar-refractivity contribution is -0.138. The molecule has 20 heavy (non-hydrogen) atoms. The Morgan fingerprint density at radius 3 is 2.70 bits per heavy atom. The van der Waals surface area contributed by atoms with Gasteiger partial charge in [0.15, 0.2) is 0 Å². The Kier molecular flexibility index (Phi) is 3.74. The summed E-state index contributed by atoms with van der Waals surface area (Å²) < 4.78 is 43.3. The van der Waals surface area contributed by atoms with E-state index in [1.807, 2.05) is 0 Å². The fraction of sp³-hybridized carbons (Fsp3) is 0.500. The largest absolute Gasteiger partial charge is 0.461 e. The molecule has 0 bridgehead atoms. The number of H-pyrrole nitrogens is 1. The van der Waals surface area contributed by atoms with Crippen LogP contribution in [0, 0.1) is 0 Å². The van der Waals surface area contributed by atoms with E-state index >= 15 is 0 Å². The molecular weight excluding hydrogens is 277 g/mol. The highest BCUT2D eigenvalue weighted by Gasteiger charge is 2.39. The molecule has 1 aromatic rings. The van der Waals surface area contributed by atoms with Crippen LogP contribution >= 0.6 is 0 Å². The minimum absolute atomic E-state index is 0.0251. The minimum atomic E-state index is -4.69. The molecule has 5 nitrogen and oxygen atoms in total. The molecule has 1 saturated heterocycles. The minimum Gasteiger partial charge on any atom is -0.461 e.